The van der Waals surface area contributed by atoms with Gasteiger partial charge < -0.3 is 0 Å². The second-order valence-electron chi connectivity index (χ2n) is 6.27. The van der Waals surface area contributed by atoms with E-state index < -0.39 is 0 Å². The Morgan fingerprint density at radius 3 is 2.50 bits per heavy atom. The molecule has 5 nitrogen and oxygen atoms in total. The normalized spacial score (nSPS) is 22.0. The highest BCUT2D eigenvalue weighted by molar-refractivity contribution is 7.15. The van der Waals surface area contributed by atoms with Crippen LogP contribution in [-0.4, -0.2) is 10.8 Å². The van der Waals surface area contributed by atoms with E-state index in [-0.39, 0.29) is 0 Å². The van der Waals surface area contributed by atoms with Gasteiger partial charge in [0.2, 0.25) is 11.5 Å². The molecule has 0 spiro atoms. The number of hydrogen-bond acceptors (Lipinski definition) is 5. The molecule has 4 bridgehead atoms. The number of aromatic nitrogens is 1. The van der Waals surface area contributed by atoms with Crippen LogP contribution >= 0.6 is 11.3 Å². The average Bonchev–Trinajstić information content (AvgIpc) is 3.31. The fraction of sp³-hybridized carbons (Fsp3) is 0.111. The number of para-hydroxylation sites is 3. The smallest absolute Gasteiger partial charge is 0.186 e. The van der Waals surface area contributed by atoms with E-state index in [0.717, 1.165) is 22.3 Å². The van der Waals surface area contributed by atoms with Gasteiger partial charge in [-0.25, -0.2) is 0 Å². The SMILES string of the molecule is Cc1nc([N+]23N=C4c5ccccc5N2N4c2ccccc23)sc1C. The third-order valence-electron chi connectivity index (χ3n) is 4.99. The van der Waals surface area contributed by atoms with Gasteiger partial charge in [0.1, 0.15) is 11.4 Å². The number of benzene rings is 2. The fourth-order valence-electron chi connectivity index (χ4n) is 3.80. The summed E-state index contributed by atoms with van der Waals surface area (Å²) in [7, 11) is 0. The summed E-state index contributed by atoms with van der Waals surface area (Å²) in [5, 5.41) is 10.6. The van der Waals surface area contributed by atoms with Crippen LogP contribution < -0.4 is 14.8 Å². The summed E-state index contributed by atoms with van der Waals surface area (Å²) >= 11 is 1.73. The summed E-state index contributed by atoms with van der Waals surface area (Å²) in [6.07, 6.45) is 0. The lowest BCUT2D eigenvalue weighted by atomic mass is 10.1. The molecule has 0 fully saturated rings. The topological polar surface area (TPSA) is 31.7 Å². The van der Waals surface area contributed by atoms with E-state index in [9.17, 15) is 0 Å². The zero-order valence-corrected chi connectivity index (χ0v) is 14.1. The van der Waals surface area contributed by atoms with Crippen LogP contribution in [0.25, 0.3) is 0 Å². The lowest BCUT2D eigenvalue weighted by Gasteiger charge is -2.29. The number of amidine groups is 1. The largest absolute Gasteiger partial charge is 0.346 e. The Balaban J connectivity index is 1.73. The first-order chi connectivity index (χ1) is 11.7. The molecule has 0 saturated heterocycles. The second kappa shape index (κ2) is 3.85. The maximum atomic E-state index is 5.12. The van der Waals surface area contributed by atoms with Crippen molar-refractivity contribution in [1.82, 2.24) is 9.69 Å². The van der Waals surface area contributed by atoms with Crippen molar-refractivity contribution >= 4 is 39.4 Å². The number of rotatable bonds is 1. The molecular weight excluding hydrogens is 318 g/mol. The van der Waals surface area contributed by atoms with Gasteiger partial charge in [-0.15, -0.1) is 0 Å². The molecular formula is C18H14N5S+. The number of hydrogen-bond donors (Lipinski definition) is 0. The van der Waals surface area contributed by atoms with Crippen LogP contribution in [-0.2, 0) is 0 Å². The summed E-state index contributed by atoms with van der Waals surface area (Å²) in [6, 6.07) is 16.9. The highest BCUT2D eigenvalue weighted by Crippen LogP contribution is 2.60. The molecule has 0 radical (unpaired) electrons. The van der Waals surface area contributed by atoms with E-state index >= 15 is 0 Å². The molecule has 0 saturated carbocycles. The van der Waals surface area contributed by atoms with Crippen molar-refractivity contribution in [3.05, 3.63) is 64.7 Å². The van der Waals surface area contributed by atoms with Crippen molar-refractivity contribution in [3.63, 3.8) is 0 Å². The quantitative estimate of drug-likeness (QED) is 0.625. The molecule has 2 aromatic carbocycles. The number of quaternary nitrogens is 1. The van der Waals surface area contributed by atoms with Gasteiger partial charge in [0.25, 0.3) is 0 Å². The van der Waals surface area contributed by atoms with Gasteiger partial charge in [-0.05, 0) is 37.1 Å². The van der Waals surface area contributed by atoms with Crippen molar-refractivity contribution < 1.29 is 0 Å². The van der Waals surface area contributed by atoms with Crippen LogP contribution in [0.3, 0.4) is 0 Å². The molecule has 1 unspecified atom stereocenters. The van der Waals surface area contributed by atoms with Crippen LogP contribution in [0.15, 0.2) is 53.6 Å². The maximum Gasteiger partial charge on any atom is 0.346 e. The molecule has 6 rings (SSSR count). The molecule has 1 atom stereocenters. The number of thiazole rings is 1. The van der Waals surface area contributed by atoms with Crippen molar-refractivity contribution in [1.29, 1.82) is 0 Å². The summed E-state index contributed by atoms with van der Waals surface area (Å²) in [6.45, 7) is 4.19. The Morgan fingerprint density at radius 1 is 0.958 bits per heavy atom. The number of nitrogens with zero attached hydrogens (tertiary/aromatic N) is 5. The monoisotopic (exact) mass is 332 g/mol. The maximum absolute atomic E-state index is 5.12. The molecule has 1 aromatic heterocycles. The van der Waals surface area contributed by atoms with E-state index in [1.54, 1.807) is 11.3 Å². The fourth-order valence-corrected chi connectivity index (χ4v) is 4.80. The Labute approximate surface area is 143 Å². The summed E-state index contributed by atoms with van der Waals surface area (Å²) in [4.78, 5) is 6.11. The standard InChI is InChI=1S/C18H14N5S/c1-11-12(2)24-18(19-11)23-16-10-6-5-9-15(16)21-17(20-23)13-7-3-4-8-14(13)22(21)23/h3-10H,1-2H3/q+1. The van der Waals surface area contributed by atoms with E-state index in [2.05, 4.69) is 72.5 Å². The number of hydrazine groups is 1. The van der Waals surface area contributed by atoms with Crippen molar-refractivity contribution in [2.45, 2.75) is 13.8 Å². The van der Waals surface area contributed by atoms with E-state index in [4.69, 9.17) is 10.1 Å². The molecule has 0 aliphatic carbocycles. The summed E-state index contributed by atoms with van der Waals surface area (Å²) < 4.78 is 0.307. The van der Waals surface area contributed by atoms with E-state index in [0.29, 0.717) is 4.70 Å². The summed E-state index contributed by atoms with van der Waals surface area (Å²) in [5.74, 6) is 1.01. The second-order valence-corrected chi connectivity index (χ2v) is 7.45. The molecule has 24 heavy (non-hydrogen) atoms. The zero-order valence-electron chi connectivity index (χ0n) is 13.3. The Bertz CT molecular complexity index is 1050. The molecule has 4 heterocycles. The molecule has 3 aliphatic heterocycles. The van der Waals surface area contributed by atoms with Gasteiger partial charge in [0, 0.05) is 15.6 Å². The predicted molar refractivity (Wildman–Crippen MR) is 97.4 cm³/mol. The van der Waals surface area contributed by atoms with Crippen LogP contribution in [0.5, 0.6) is 0 Å². The van der Waals surface area contributed by atoms with Crippen LogP contribution in [0.1, 0.15) is 16.1 Å². The Morgan fingerprint density at radius 2 is 1.71 bits per heavy atom. The lowest BCUT2D eigenvalue weighted by molar-refractivity contribution is 0.417. The van der Waals surface area contributed by atoms with Crippen molar-refractivity contribution in [3.8, 4) is 0 Å². The van der Waals surface area contributed by atoms with Gasteiger partial charge in [0.05, 0.1) is 11.3 Å². The lowest BCUT2D eigenvalue weighted by Crippen LogP contribution is -2.51. The highest BCUT2D eigenvalue weighted by Gasteiger charge is 2.67. The number of fused-ring (bicyclic) bond motifs is 4. The summed E-state index contributed by atoms with van der Waals surface area (Å²) in [5.41, 5.74) is 5.79. The molecule has 6 heteroatoms. The van der Waals surface area contributed by atoms with Crippen LogP contribution in [0, 0.1) is 13.8 Å². The minimum absolute atomic E-state index is 0.307. The highest BCUT2D eigenvalue weighted by atomic mass is 32.1. The predicted octanol–water partition coefficient (Wildman–Crippen LogP) is 4.24. The molecule has 116 valence electrons. The van der Waals surface area contributed by atoms with Crippen LogP contribution in [0.4, 0.5) is 22.2 Å². The molecule has 3 aromatic rings. The van der Waals surface area contributed by atoms with Gasteiger partial charge in [-0.2, -0.15) is 9.99 Å². The molecule has 3 aliphatic rings. The first-order valence-electron chi connectivity index (χ1n) is 7.95. The van der Waals surface area contributed by atoms with Crippen molar-refractivity contribution in [2.24, 2.45) is 5.10 Å². The van der Waals surface area contributed by atoms with E-state index in [1.165, 1.54) is 21.8 Å². The Hall–Kier alpha value is -2.70. The number of anilines is 2. The van der Waals surface area contributed by atoms with Gasteiger partial charge >= 0.3 is 5.13 Å². The average molecular weight is 332 g/mol. The van der Waals surface area contributed by atoms with Crippen molar-refractivity contribution in [2.75, 3.05) is 10.1 Å². The zero-order chi connectivity index (χ0) is 16.1. The number of aryl methyl sites for hydroxylation is 2. The third kappa shape index (κ3) is 1.17. The molecule has 0 amide bonds. The minimum atomic E-state index is 0.307. The van der Waals surface area contributed by atoms with E-state index in [1.807, 2.05) is 0 Å². The molecule has 0 N–H and O–H groups in total. The Kier molecular flexibility index (Phi) is 2.04. The first-order valence-corrected chi connectivity index (χ1v) is 8.77. The van der Waals surface area contributed by atoms with Gasteiger partial charge in [-0.3, -0.25) is 0 Å². The third-order valence-corrected chi connectivity index (χ3v) is 6.12. The minimum Gasteiger partial charge on any atom is -0.186 e. The van der Waals surface area contributed by atoms with Gasteiger partial charge in [-0.1, -0.05) is 40.7 Å². The van der Waals surface area contributed by atoms with Gasteiger partial charge in [0.15, 0.2) is 0 Å². The first kappa shape index (κ1) is 12.7. The van der Waals surface area contributed by atoms with Crippen LogP contribution in [0.2, 0.25) is 0 Å².